The highest BCUT2D eigenvalue weighted by atomic mass is 16.5. The van der Waals surface area contributed by atoms with E-state index in [-0.39, 0.29) is 5.60 Å². The van der Waals surface area contributed by atoms with E-state index in [4.69, 9.17) is 4.74 Å². The molecule has 2 nitrogen and oxygen atoms in total. The van der Waals surface area contributed by atoms with Crippen LogP contribution in [0, 0.1) is 5.41 Å². The summed E-state index contributed by atoms with van der Waals surface area (Å²) in [5.41, 5.74) is 0.711. The average molecular weight is 197 g/mol. The van der Waals surface area contributed by atoms with Crippen molar-refractivity contribution in [3.05, 3.63) is 0 Å². The summed E-state index contributed by atoms with van der Waals surface area (Å²) < 4.78 is 6.15. The van der Waals surface area contributed by atoms with Gasteiger partial charge in [0, 0.05) is 13.1 Å². The molecule has 2 heteroatoms. The van der Waals surface area contributed by atoms with Crippen LogP contribution in [-0.2, 0) is 4.74 Å². The zero-order valence-electron chi connectivity index (χ0n) is 9.73. The highest BCUT2D eigenvalue weighted by Gasteiger charge is 2.41. The molecular weight excluding hydrogens is 174 g/mol. The second-order valence-electron chi connectivity index (χ2n) is 5.91. The smallest absolute Gasteiger partial charge is 0.0811 e. The monoisotopic (exact) mass is 197 g/mol. The molecule has 0 aromatic heterocycles. The maximum Gasteiger partial charge on any atom is 0.0811 e. The molecule has 0 aromatic carbocycles. The number of rotatable bonds is 0. The molecule has 1 aliphatic heterocycles. The molecule has 1 N–H and O–H groups in total. The van der Waals surface area contributed by atoms with Crippen LogP contribution in [0.1, 0.15) is 46.5 Å². The summed E-state index contributed by atoms with van der Waals surface area (Å²) >= 11 is 0. The fraction of sp³-hybridized carbons (Fsp3) is 1.00. The molecule has 0 radical (unpaired) electrons. The zero-order chi connectivity index (χ0) is 10.2. The SMILES string of the molecule is CC1CNCC2(CCC(C)(C)CC2)O1. The van der Waals surface area contributed by atoms with Gasteiger partial charge in [-0.05, 0) is 38.0 Å². The summed E-state index contributed by atoms with van der Waals surface area (Å²) in [4.78, 5) is 0. The van der Waals surface area contributed by atoms with E-state index in [0.717, 1.165) is 13.1 Å². The number of morpholine rings is 1. The number of hydrogen-bond acceptors (Lipinski definition) is 2. The molecule has 1 atom stereocenters. The van der Waals surface area contributed by atoms with Gasteiger partial charge >= 0.3 is 0 Å². The molecule has 0 bridgehead atoms. The third kappa shape index (κ3) is 2.12. The second-order valence-corrected chi connectivity index (χ2v) is 5.91. The van der Waals surface area contributed by atoms with Crippen molar-refractivity contribution >= 4 is 0 Å². The lowest BCUT2D eigenvalue weighted by Crippen LogP contribution is -2.55. The first-order valence-electron chi connectivity index (χ1n) is 5.90. The van der Waals surface area contributed by atoms with Gasteiger partial charge in [-0.1, -0.05) is 13.8 Å². The van der Waals surface area contributed by atoms with E-state index in [9.17, 15) is 0 Å². The Balaban J connectivity index is 1.98. The zero-order valence-corrected chi connectivity index (χ0v) is 9.73. The van der Waals surface area contributed by atoms with Gasteiger partial charge in [-0.25, -0.2) is 0 Å². The Hall–Kier alpha value is -0.0800. The van der Waals surface area contributed by atoms with Gasteiger partial charge in [0.05, 0.1) is 11.7 Å². The van der Waals surface area contributed by atoms with E-state index in [2.05, 4.69) is 26.1 Å². The van der Waals surface area contributed by atoms with Crippen molar-refractivity contribution in [2.75, 3.05) is 13.1 Å². The van der Waals surface area contributed by atoms with E-state index in [1.54, 1.807) is 0 Å². The summed E-state index contributed by atoms with van der Waals surface area (Å²) in [6, 6.07) is 0. The molecule has 14 heavy (non-hydrogen) atoms. The lowest BCUT2D eigenvalue weighted by molar-refractivity contribution is -0.138. The van der Waals surface area contributed by atoms with Crippen molar-refractivity contribution in [1.82, 2.24) is 5.32 Å². The van der Waals surface area contributed by atoms with Crippen LogP contribution in [-0.4, -0.2) is 24.8 Å². The highest BCUT2D eigenvalue weighted by molar-refractivity contribution is 4.94. The van der Waals surface area contributed by atoms with Crippen molar-refractivity contribution in [3.63, 3.8) is 0 Å². The maximum atomic E-state index is 6.15. The van der Waals surface area contributed by atoms with Crippen molar-refractivity contribution < 1.29 is 4.74 Å². The third-order valence-corrected chi connectivity index (χ3v) is 3.84. The van der Waals surface area contributed by atoms with Gasteiger partial charge in [0.25, 0.3) is 0 Å². The molecule has 82 valence electrons. The maximum absolute atomic E-state index is 6.15. The summed E-state index contributed by atoms with van der Waals surface area (Å²) in [7, 11) is 0. The van der Waals surface area contributed by atoms with Crippen molar-refractivity contribution in [1.29, 1.82) is 0 Å². The van der Waals surface area contributed by atoms with Crippen LogP contribution in [0.25, 0.3) is 0 Å². The van der Waals surface area contributed by atoms with Gasteiger partial charge < -0.3 is 10.1 Å². The van der Waals surface area contributed by atoms with E-state index < -0.39 is 0 Å². The highest BCUT2D eigenvalue weighted by Crippen LogP contribution is 2.42. The molecule has 1 saturated heterocycles. The Morgan fingerprint density at radius 1 is 1.14 bits per heavy atom. The first kappa shape index (κ1) is 10.4. The van der Waals surface area contributed by atoms with Crippen LogP contribution in [0.15, 0.2) is 0 Å². The lowest BCUT2D eigenvalue weighted by atomic mass is 9.70. The van der Waals surface area contributed by atoms with E-state index in [1.165, 1.54) is 25.7 Å². The Bertz CT molecular complexity index is 202. The third-order valence-electron chi connectivity index (χ3n) is 3.84. The molecule has 1 spiro atoms. The van der Waals surface area contributed by atoms with Crippen molar-refractivity contribution in [2.45, 2.75) is 58.2 Å². The molecule has 2 fully saturated rings. The quantitative estimate of drug-likeness (QED) is 0.643. The Kier molecular flexibility index (Phi) is 2.61. The molecular formula is C12H23NO. The molecule has 1 saturated carbocycles. The van der Waals surface area contributed by atoms with E-state index >= 15 is 0 Å². The Morgan fingerprint density at radius 2 is 1.79 bits per heavy atom. The minimum Gasteiger partial charge on any atom is -0.369 e. The Labute approximate surface area is 87.4 Å². The average Bonchev–Trinajstić information content (AvgIpc) is 2.12. The van der Waals surface area contributed by atoms with E-state index in [1.807, 2.05) is 0 Å². The molecule has 0 aromatic rings. The summed E-state index contributed by atoms with van der Waals surface area (Å²) in [5.74, 6) is 0. The van der Waals surface area contributed by atoms with E-state index in [0.29, 0.717) is 11.5 Å². The molecule has 1 unspecified atom stereocenters. The molecule has 2 rings (SSSR count). The normalized spacial score (nSPS) is 35.8. The minimum atomic E-state index is 0.174. The van der Waals surface area contributed by atoms with Gasteiger partial charge in [-0.3, -0.25) is 0 Å². The summed E-state index contributed by atoms with van der Waals surface area (Å²) in [5, 5.41) is 3.50. The van der Waals surface area contributed by atoms with Crippen molar-refractivity contribution in [3.8, 4) is 0 Å². The standard InChI is InChI=1S/C12H23NO/c1-10-8-13-9-12(14-10)6-4-11(2,3)5-7-12/h10,13H,4-9H2,1-3H3. The first-order valence-corrected chi connectivity index (χ1v) is 5.90. The number of ether oxygens (including phenoxy) is 1. The number of nitrogens with one attached hydrogen (secondary N) is 1. The first-order chi connectivity index (χ1) is 6.52. The number of hydrogen-bond donors (Lipinski definition) is 1. The van der Waals surface area contributed by atoms with Gasteiger partial charge in [-0.15, -0.1) is 0 Å². The second kappa shape index (κ2) is 3.49. The predicted octanol–water partition coefficient (Wildman–Crippen LogP) is 2.33. The van der Waals surface area contributed by atoms with Crippen LogP contribution in [0.4, 0.5) is 0 Å². The lowest BCUT2D eigenvalue weighted by Gasteiger charge is -2.47. The van der Waals surface area contributed by atoms with Crippen molar-refractivity contribution in [2.24, 2.45) is 5.41 Å². The molecule has 0 amide bonds. The minimum absolute atomic E-state index is 0.174. The summed E-state index contributed by atoms with van der Waals surface area (Å²) in [6.45, 7) is 9.01. The molecule has 2 aliphatic rings. The van der Waals surface area contributed by atoms with Crippen LogP contribution in [0.5, 0.6) is 0 Å². The van der Waals surface area contributed by atoms with Gasteiger partial charge in [0.1, 0.15) is 0 Å². The van der Waals surface area contributed by atoms with Crippen LogP contribution < -0.4 is 5.32 Å². The van der Waals surface area contributed by atoms with Gasteiger partial charge in [-0.2, -0.15) is 0 Å². The molecule has 1 aliphatic carbocycles. The van der Waals surface area contributed by atoms with Crippen LogP contribution in [0.2, 0.25) is 0 Å². The van der Waals surface area contributed by atoms with Crippen LogP contribution in [0.3, 0.4) is 0 Å². The van der Waals surface area contributed by atoms with Gasteiger partial charge in [0.15, 0.2) is 0 Å². The molecule has 1 heterocycles. The Morgan fingerprint density at radius 3 is 2.36 bits per heavy atom. The summed E-state index contributed by atoms with van der Waals surface area (Å²) in [6.07, 6.45) is 5.47. The fourth-order valence-electron chi connectivity index (χ4n) is 2.69. The fourth-order valence-corrected chi connectivity index (χ4v) is 2.69. The van der Waals surface area contributed by atoms with Gasteiger partial charge in [0.2, 0.25) is 0 Å². The predicted molar refractivity (Wildman–Crippen MR) is 58.4 cm³/mol. The topological polar surface area (TPSA) is 21.3 Å². The largest absolute Gasteiger partial charge is 0.369 e. The van der Waals surface area contributed by atoms with Crippen LogP contribution >= 0.6 is 0 Å².